The number of anilines is 1. The number of hydrogen-bond donors (Lipinski definition) is 1. The molecule has 0 aliphatic carbocycles. The first kappa shape index (κ1) is 20.0. The smallest absolute Gasteiger partial charge is 0.251 e. The molecule has 2 aromatic rings. The lowest BCUT2D eigenvalue weighted by Gasteiger charge is -2.20. The Hall–Kier alpha value is -2.34. The third-order valence-electron chi connectivity index (χ3n) is 4.67. The standard InChI is InChI=1S/C20H26N2O3S/c1-13-7-8-17(11-14(13)2)16(4)21-20(23)18-9-10-19(15(3)12-18)22(5)26(6,24)25/h7-12,16H,1-6H3,(H,21,23). The number of amides is 1. The van der Waals surface area contributed by atoms with Gasteiger partial charge in [-0.15, -0.1) is 0 Å². The van der Waals surface area contributed by atoms with Gasteiger partial charge in [0.05, 0.1) is 18.0 Å². The van der Waals surface area contributed by atoms with Crippen molar-refractivity contribution in [3.05, 3.63) is 64.2 Å². The molecule has 1 N–H and O–H groups in total. The van der Waals surface area contributed by atoms with Crippen LogP contribution < -0.4 is 9.62 Å². The van der Waals surface area contributed by atoms with Crippen molar-refractivity contribution in [2.24, 2.45) is 0 Å². The van der Waals surface area contributed by atoms with Crippen molar-refractivity contribution in [1.82, 2.24) is 5.32 Å². The van der Waals surface area contributed by atoms with Crippen molar-refractivity contribution in [2.45, 2.75) is 33.7 Å². The molecule has 5 nitrogen and oxygen atoms in total. The van der Waals surface area contributed by atoms with Crippen LogP contribution in [0.25, 0.3) is 0 Å². The largest absolute Gasteiger partial charge is 0.346 e. The summed E-state index contributed by atoms with van der Waals surface area (Å²) < 4.78 is 24.6. The summed E-state index contributed by atoms with van der Waals surface area (Å²) in [5, 5.41) is 2.99. The molecule has 140 valence electrons. The zero-order valence-corrected chi connectivity index (χ0v) is 16.9. The van der Waals surface area contributed by atoms with Gasteiger partial charge in [0.25, 0.3) is 5.91 Å². The number of nitrogens with zero attached hydrogens (tertiary/aromatic N) is 1. The van der Waals surface area contributed by atoms with E-state index < -0.39 is 10.0 Å². The molecule has 1 atom stereocenters. The SMILES string of the molecule is Cc1ccc(C(C)NC(=O)c2ccc(N(C)S(C)(=O)=O)c(C)c2)cc1C. The Morgan fingerprint density at radius 3 is 2.19 bits per heavy atom. The average molecular weight is 375 g/mol. The predicted molar refractivity (Wildman–Crippen MR) is 106 cm³/mol. The van der Waals surface area contributed by atoms with Crippen molar-refractivity contribution in [3.63, 3.8) is 0 Å². The molecule has 0 saturated heterocycles. The first-order chi connectivity index (χ1) is 12.0. The molecule has 0 spiro atoms. The van der Waals surface area contributed by atoms with Gasteiger partial charge in [-0.1, -0.05) is 18.2 Å². The van der Waals surface area contributed by atoms with Gasteiger partial charge in [-0.2, -0.15) is 0 Å². The van der Waals surface area contributed by atoms with Crippen LogP contribution in [0.1, 0.15) is 45.6 Å². The van der Waals surface area contributed by atoms with Crippen molar-refractivity contribution in [3.8, 4) is 0 Å². The van der Waals surface area contributed by atoms with Crippen molar-refractivity contribution >= 4 is 21.6 Å². The van der Waals surface area contributed by atoms with Gasteiger partial charge in [0.1, 0.15) is 0 Å². The van der Waals surface area contributed by atoms with E-state index in [0.717, 1.165) is 17.4 Å². The summed E-state index contributed by atoms with van der Waals surface area (Å²) in [5.74, 6) is -0.188. The van der Waals surface area contributed by atoms with E-state index in [-0.39, 0.29) is 11.9 Å². The number of carbonyl (C=O) groups is 1. The van der Waals surface area contributed by atoms with E-state index in [4.69, 9.17) is 0 Å². The van der Waals surface area contributed by atoms with Crippen LogP contribution >= 0.6 is 0 Å². The summed E-state index contributed by atoms with van der Waals surface area (Å²) in [6, 6.07) is 11.0. The summed E-state index contributed by atoms with van der Waals surface area (Å²) in [6.45, 7) is 7.84. The van der Waals surface area contributed by atoms with Gasteiger partial charge < -0.3 is 5.32 Å². The van der Waals surface area contributed by atoms with Gasteiger partial charge >= 0.3 is 0 Å². The van der Waals surface area contributed by atoms with Crippen LogP contribution in [0.3, 0.4) is 0 Å². The zero-order valence-electron chi connectivity index (χ0n) is 16.1. The van der Waals surface area contributed by atoms with Gasteiger partial charge in [0.15, 0.2) is 0 Å². The van der Waals surface area contributed by atoms with E-state index in [1.807, 2.05) is 26.0 Å². The molecule has 1 unspecified atom stereocenters. The van der Waals surface area contributed by atoms with E-state index in [9.17, 15) is 13.2 Å². The molecule has 1 amide bonds. The summed E-state index contributed by atoms with van der Waals surface area (Å²) in [5.41, 5.74) is 5.24. The molecule has 0 aliphatic rings. The molecular formula is C20H26N2O3S. The highest BCUT2D eigenvalue weighted by atomic mass is 32.2. The quantitative estimate of drug-likeness (QED) is 0.871. The minimum Gasteiger partial charge on any atom is -0.346 e. The Bertz CT molecular complexity index is 936. The highest BCUT2D eigenvalue weighted by Crippen LogP contribution is 2.23. The summed E-state index contributed by atoms with van der Waals surface area (Å²) in [6.07, 6.45) is 1.15. The number of sulfonamides is 1. The third-order valence-corrected chi connectivity index (χ3v) is 5.87. The highest BCUT2D eigenvalue weighted by Gasteiger charge is 2.17. The number of carbonyl (C=O) groups excluding carboxylic acids is 1. The molecule has 0 fully saturated rings. The molecule has 6 heteroatoms. The highest BCUT2D eigenvalue weighted by molar-refractivity contribution is 7.92. The van der Waals surface area contributed by atoms with Crippen LogP contribution in [0.15, 0.2) is 36.4 Å². The van der Waals surface area contributed by atoms with Crippen molar-refractivity contribution in [2.75, 3.05) is 17.6 Å². The number of hydrogen-bond acceptors (Lipinski definition) is 3. The lowest BCUT2D eigenvalue weighted by atomic mass is 10.0. The summed E-state index contributed by atoms with van der Waals surface area (Å²) in [7, 11) is -1.84. The summed E-state index contributed by atoms with van der Waals surface area (Å²) >= 11 is 0. The van der Waals surface area contributed by atoms with Crippen LogP contribution in [0, 0.1) is 20.8 Å². The number of aryl methyl sites for hydroxylation is 3. The molecule has 0 radical (unpaired) electrons. The Morgan fingerprint density at radius 2 is 1.65 bits per heavy atom. The van der Waals surface area contributed by atoms with E-state index in [1.54, 1.807) is 25.1 Å². The first-order valence-electron chi connectivity index (χ1n) is 8.43. The van der Waals surface area contributed by atoms with E-state index in [2.05, 4.69) is 18.3 Å². The van der Waals surface area contributed by atoms with Gasteiger partial charge in [-0.25, -0.2) is 8.42 Å². The molecule has 0 heterocycles. The van der Waals surface area contributed by atoms with Crippen LogP contribution in [0.2, 0.25) is 0 Å². The first-order valence-corrected chi connectivity index (χ1v) is 10.3. The van der Waals surface area contributed by atoms with Gasteiger partial charge in [-0.05, 0) is 68.1 Å². The van der Waals surface area contributed by atoms with E-state index >= 15 is 0 Å². The van der Waals surface area contributed by atoms with Crippen molar-refractivity contribution in [1.29, 1.82) is 0 Å². The normalized spacial score (nSPS) is 12.5. The number of rotatable bonds is 5. The maximum atomic E-state index is 12.6. The van der Waals surface area contributed by atoms with Crippen LogP contribution in [0.5, 0.6) is 0 Å². The average Bonchev–Trinajstić information content (AvgIpc) is 2.55. The fourth-order valence-corrected chi connectivity index (χ4v) is 3.29. The van der Waals surface area contributed by atoms with Crippen molar-refractivity contribution < 1.29 is 13.2 Å². The second-order valence-electron chi connectivity index (χ2n) is 6.77. The summed E-state index contributed by atoms with van der Waals surface area (Å²) in [4.78, 5) is 12.6. The molecule has 0 aliphatic heterocycles. The second-order valence-corrected chi connectivity index (χ2v) is 8.78. The Morgan fingerprint density at radius 1 is 1.00 bits per heavy atom. The molecule has 0 saturated carbocycles. The fourth-order valence-electron chi connectivity index (χ4n) is 2.73. The number of nitrogens with one attached hydrogen (secondary N) is 1. The predicted octanol–water partition coefficient (Wildman–Crippen LogP) is 3.50. The molecule has 2 aromatic carbocycles. The molecular weight excluding hydrogens is 348 g/mol. The van der Waals surface area contributed by atoms with Gasteiger partial charge in [0.2, 0.25) is 10.0 Å². The van der Waals surface area contributed by atoms with E-state index in [0.29, 0.717) is 11.3 Å². The molecule has 2 rings (SSSR count). The minimum atomic E-state index is -3.34. The Balaban J connectivity index is 2.19. The van der Waals surface area contributed by atoms with Crippen LogP contribution in [-0.4, -0.2) is 27.6 Å². The van der Waals surface area contributed by atoms with Crippen LogP contribution in [-0.2, 0) is 10.0 Å². The van der Waals surface area contributed by atoms with Gasteiger partial charge in [0, 0.05) is 12.6 Å². The zero-order chi connectivity index (χ0) is 19.6. The lowest BCUT2D eigenvalue weighted by molar-refractivity contribution is 0.0940. The van der Waals surface area contributed by atoms with E-state index in [1.165, 1.54) is 22.5 Å². The minimum absolute atomic E-state index is 0.125. The Kier molecular flexibility index (Phi) is 5.76. The monoisotopic (exact) mass is 374 g/mol. The maximum absolute atomic E-state index is 12.6. The molecule has 0 bridgehead atoms. The Labute approximate surface area is 156 Å². The maximum Gasteiger partial charge on any atom is 0.251 e. The number of benzene rings is 2. The topological polar surface area (TPSA) is 66.5 Å². The molecule has 0 aromatic heterocycles. The fraction of sp³-hybridized carbons (Fsp3) is 0.350. The second kappa shape index (κ2) is 7.50. The van der Waals surface area contributed by atoms with Crippen LogP contribution in [0.4, 0.5) is 5.69 Å². The van der Waals surface area contributed by atoms with Gasteiger partial charge in [-0.3, -0.25) is 9.10 Å². The lowest BCUT2D eigenvalue weighted by Crippen LogP contribution is -2.28. The third kappa shape index (κ3) is 4.43. The molecule has 26 heavy (non-hydrogen) atoms.